The minimum absolute atomic E-state index is 0.0152. The van der Waals surface area contributed by atoms with Gasteiger partial charge >= 0.3 is 5.97 Å². The first-order valence-corrected chi connectivity index (χ1v) is 10.4. The van der Waals surface area contributed by atoms with Crippen molar-refractivity contribution in [1.82, 2.24) is 4.72 Å². The molecule has 2 aromatic carbocycles. The van der Waals surface area contributed by atoms with Gasteiger partial charge in [-0.1, -0.05) is 32.0 Å². The number of benzene rings is 2. The Morgan fingerprint density at radius 3 is 2.17 bits per heavy atom. The first kappa shape index (κ1) is 22.4. The van der Waals surface area contributed by atoms with Crippen LogP contribution in [0.2, 0.25) is 0 Å². The summed E-state index contributed by atoms with van der Waals surface area (Å²) in [5, 5.41) is 2.58. The Kier molecular flexibility index (Phi) is 7.74. The molecule has 0 saturated heterocycles. The molecule has 2 rings (SSSR count). The number of rotatable bonds is 9. The van der Waals surface area contributed by atoms with Gasteiger partial charge in [0, 0.05) is 5.69 Å². The molecule has 0 fully saturated rings. The molecule has 2 aromatic rings. The molecule has 0 saturated carbocycles. The van der Waals surface area contributed by atoms with Crippen molar-refractivity contribution in [2.24, 2.45) is 5.92 Å². The van der Waals surface area contributed by atoms with Gasteiger partial charge in [-0.3, -0.25) is 9.59 Å². The Labute approximate surface area is 170 Å². The van der Waals surface area contributed by atoms with Crippen LogP contribution in [0.15, 0.2) is 59.5 Å². The lowest BCUT2D eigenvalue weighted by Crippen LogP contribution is -2.45. The van der Waals surface area contributed by atoms with Crippen molar-refractivity contribution in [1.29, 1.82) is 0 Å². The summed E-state index contributed by atoms with van der Waals surface area (Å²) in [6.07, 6.45) is 0. The number of ether oxygens (including phenoxy) is 2. The van der Waals surface area contributed by atoms with Crippen LogP contribution in [-0.2, 0) is 24.3 Å². The third kappa shape index (κ3) is 6.58. The minimum Gasteiger partial charge on any atom is -0.497 e. The smallest absolute Gasteiger partial charge is 0.324 e. The Hall–Kier alpha value is -2.91. The van der Waals surface area contributed by atoms with Crippen LogP contribution < -0.4 is 14.8 Å². The molecule has 0 aromatic heterocycles. The van der Waals surface area contributed by atoms with Gasteiger partial charge in [-0.25, -0.2) is 8.42 Å². The van der Waals surface area contributed by atoms with Crippen molar-refractivity contribution >= 4 is 27.6 Å². The number of para-hydroxylation sites is 1. The first-order valence-electron chi connectivity index (χ1n) is 8.91. The number of hydrogen-bond donors (Lipinski definition) is 2. The topological polar surface area (TPSA) is 111 Å². The lowest BCUT2D eigenvalue weighted by molar-refractivity contribution is -0.150. The maximum atomic E-state index is 12.6. The molecule has 9 heteroatoms. The second kappa shape index (κ2) is 10.0. The number of methoxy groups -OCH3 is 1. The van der Waals surface area contributed by atoms with E-state index >= 15 is 0 Å². The highest BCUT2D eigenvalue weighted by Gasteiger charge is 2.30. The van der Waals surface area contributed by atoms with E-state index in [4.69, 9.17) is 9.47 Å². The molecule has 29 heavy (non-hydrogen) atoms. The third-order valence-corrected chi connectivity index (χ3v) is 5.43. The number of sulfonamides is 1. The molecule has 2 N–H and O–H groups in total. The molecule has 0 heterocycles. The highest BCUT2D eigenvalue weighted by Crippen LogP contribution is 2.17. The van der Waals surface area contributed by atoms with Crippen LogP contribution in [0.5, 0.6) is 5.75 Å². The van der Waals surface area contributed by atoms with Gasteiger partial charge in [0.1, 0.15) is 11.8 Å². The molecule has 0 unspecified atom stereocenters. The lowest BCUT2D eigenvalue weighted by Gasteiger charge is -2.20. The van der Waals surface area contributed by atoms with Crippen LogP contribution in [-0.4, -0.2) is 40.1 Å². The predicted molar refractivity (Wildman–Crippen MR) is 108 cm³/mol. The Morgan fingerprint density at radius 1 is 1.00 bits per heavy atom. The number of amides is 1. The summed E-state index contributed by atoms with van der Waals surface area (Å²) in [7, 11) is -2.50. The van der Waals surface area contributed by atoms with Gasteiger partial charge < -0.3 is 14.8 Å². The molecule has 0 aliphatic carbocycles. The maximum absolute atomic E-state index is 12.6. The van der Waals surface area contributed by atoms with E-state index in [0.717, 1.165) is 0 Å². The van der Waals surface area contributed by atoms with Gasteiger partial charge in [0.05, 0.1) is 12.0 Å². The van der Waals surface area contributed by atoms with Gasteiger partial charge in [0.2, 0.25) is 10.0 Å². The first-order chi connectivity index (χ1) is 13.7. The molecule has 8 nitrogen and oxygen atoms in total. The SMILES string of the molecule is COc1ccc(S(=O)(=O)N[C@H](C(=O)OCC(=O)Nc2ccccc2)C(C)C)cc1. The second-order valence-corrected chi connectivity index (χ2v) is 8.25. The lowest BCUT2D eigenvalue weighted by atomic mass is 10.1. The van der Waals surface area contributed by atoms with Gasteiger partial charge in [-0.2, -0.15) is 4.72 Å². The fourth-order valence-electron chi connectivity index (χ4n) is 2.39. The summed E-state index contributed by atoms with van der Waals surface area (Å²) in [4.78, 5) is 24.3. The Bertz CT molecular complexity index is 927. The Balaban J connectivity index is 2.00. The van der Waals surface area contributed by atoms with E-state index in [0.29, 0.717) is 11.4 Å². The standard InChI is InChI=1S/C20H24N2O6S/c1-14(2)19(22-29(25,26)17-11-9-16(27-3)10-12-17)20(24)28-13-18(23)21-15-7-5-4-6-8-15/h4-12,14,19,22H,13H2,1-3H3,(H,21,23)/t19-/m0/s1. The number of esters is 1. The third-order valence-electron chi connectivity index (χ3n) is 3.98. The number of nitrogens with one attached hydrogen (secondary N) is 2. The van der Waals surface area contributed by atoms with Gasteiger partial charge in [0.25, 0.3) is 5.91 Å². The largest absolute Gasteiger partial charge is 0.497 e. The van der Waals surface area contributed by atoms with Gasteiger partial charge in [-0.15, -0.1) is 0 Å². The highest BCUT2D eigenvalue weighted by atomic mass is 32.2. The molecular weight excluding hydrogens is 396 g/mol. The average molecular weight is 420 g/mol. The molecule has 1 amide bonds. The molecule has 0 aliphatic rings. The van der Waals surface area contributed by atoms with Crippen LogP contribution in [0.4, 0.5) is 5.69 Å². The van der Waals surface area contributed by atoms with E-state index in [1.807, 2.05) is 0 Å². The van der Waals surface area contributed by atoms with Crippen molar-refractivity contribution in [3.8, 4) is 5.75 Å². The minimum atomic E-state index is -3.97. The zero-order valence-corrected chi connectivity index (χ0v) is 17.2. The summed E-state index contributed by atoms with van der Waals surface area (Å²) in [5.41, 5.74) is 0.564. The van der Waals surface area contributed by atoms with E-state index in [9.17, 15) is 18.0 Å². The zero-order chi connectivity index (χ0) is 21.4. The normalized spacial score (nSPS) is 12.3. The molecule has 0 spiro atoms. The van der Waals surface area contributed by atoms with Crippen molar-refractivity contribution < 1.29 is 27.5 Å². The van der Waals surface area contributed by atoms with Gasteiger partial charge in [0.15, 0.2) is 6.61 Å². The van der Waals surface area contributed by atoms with Crippen molar-refractivity contribution in [3.63, 3.8) is 0 Å². The van der Waals surface area contributed by atoms with Crippen LogP contribution in [0.25, 0.3) is 0 Å². The van der Waals surface area contributed by atoms with E-state index in [-0.39, 0.29) is 4.90 Å². The number of carbonyl (C=O) groups is 2. The molecule has 0 aliphatic heterocycles. The molecule has 0 bridgehead atoms. The summed E-state index contributed by atoms with van der Waals surface area (Å²) < 4.78 is 37.6. The predicted octanol–water partition coefficient (Wildman–Crippen LogP) is 2.18. The van der Waals surface area contributed by atoms with Crippen molar-refractivity contribution in [3.05, 3.63) is 54.6 Å². The number of anilines is 1. The quantitative estimate of drug-likeness (QED) is 0.602. The summed E-state index contributed by atoms with van der Waals surface area (Å²) >= 11 is 0. The zero-order valence-electron chi connectivity index (χ0n) is 16.4. The van der Waals surface area contributed by atoms with Gasteiger partial charge in [-0.05, 0) is 42.3 Å². The highest BCUT2D eigenvalue weighted by molar-refractivity contribution is 7.89. The summed E-state index contributed by atoms with van der Waals surface area (Å²) in [6, 6.07) is 13.3. The monoisotopic (exact) mass is 420 g/mol. The van der Waals surface area contributed by atoms with Crippen LogP contribution >= 0.6 is 0 Å². The van der Waals surface area contributed by atoms with Crippen molar-refractivity contribution in [2.75, 3.05) is 19.0 Å². The summed E-state index contributed by atoms with van der Waals surface area (Å²) in [6.45, 7) is 2.82. The number of carbonyl (C=O) groups excluding carboxylic acids is 2. The molecular formula is C20H24N2O6S. The molecule has 1 atom stereocenters. The fraction of sp³-hybridized carbons (Fsp3) is 0.300. The maximum Gasteiger partial charge on any atom is 0.324 e. The van der Waals surface area contributed by atoms with Crippen LogP contribution in [0, 0.1) is 5.92 Å². The van der Waals surface area contributed by atoms with Crippen LogP contribution in [0.1, 0.15) is 13.8 Å². The summed E-state index contributed by atoms with van der Waals surface area (Å²) in [5.74, 6) is -1.24. The van der Waals surface area contributed by atoms with E-state index < -0.39 is 40.5 Å². The van der Waals surface area contributed by atoms with Crippen molar-refractivity contribution in [2.45, 2.75) is 24.8 Å². The Morgan fingerprint density at radius 2 is 1.62 bits per heavy atom. The van der Waals surface area contributed by atoms with E-state index in [1.54, 1.807) is 44.2 Å². The second-order valence-electron chi connectivity index (χ2n) is 6.54. The molecule has 0 radical (unpaired) electrons. The number of hydrogen-bond acceptors (Lipinski definition) is 6. The average Bonchev–Trinajstić information content (AvgIpc) is 2.71. The van der Waals surface area contributed by atoms with E-state index in [2.05, 4.69) is 10.0 Å². The van der Waals surface area contributed by atoms with Crippen LogP contribution in [0.3, 0.4) is 0 Å². The van der Waals surface area contributed by atoms with E-state index in [1.165, 1.54) is 31.4 Å². The molecule has 156 valence electrons. The fourth-order valence-corrected chi connectivity index (χ4v) is 3.72.